The van der Waals surface area contributed by atoms with Gasteiger partial charge >= 0.3 is 0 Å². The highest BCUT2D eigenvalue weighted by molar-refractivity contribution is 6.24. The van der Waals surface area contributed by atoms with Gasteiger partial charge in [-0.05, 0) is 143 Å². The average molecular weight is 1600 g/mol. The molecule has 0 unspecified atom stereocenters. The summed E-state index contributed by atoms with van der Waals surface area (Å²) >= 11 is 0. The molecular formula is C113H69N9O3. The summed E-state index contributed by atoms with van der Waals surface area (Å²) in [6.45, 7) is 0. The molecule has 19 aromatic carbocycles. The number of para-hydroxylation sites is 2. The molecule has 0 amide bonds. The van der Waals surface area contributed by atoms with Crippen LogP contribution in [0.5, 0.6) is 0 Å². The van der Waals surface area contributed by atoms with Crippen molar-refractivity contribution in [3.05, 3.63) is 419 Å². The highest BCUT2D eigenvalue weighted by Gasteiger charge is 2.23. The molecule has 0 saturated carbocycles. The molecule has 0 aliphatic heterocycles. The van der Waals surface area contributed by atoms with E-state index in [0.29, 0.717) is 52.4 Å². The first-order chi connectivity index (χ1) is 61.9. The monoisotopic (exact) mass is 1600 g/mol. The van der Waals surface area contributed by atoms with Gasteiger partial charge in [0, 0.05) is 88.0 Å². The van der Waals surface area contributed by atoms with Crippen LogP contribution < -0.4 is 0 Å². The van der Waals surface area contributed by atoms with E-state index in [0.717, 1.165) is 165 Å². The number of benzene rings is 19. The first-order valence-electron chi connectivity index (χ1n) is 41.6. The van der Waals surface area contributed by atoms with Crippen LogP contribution in [0, 0.1) is 0 Å². The van der Waals surface area contributed by atoms with E-state index in [9.17, 15) is 0 Å². The fraction of sp³-hybridized carbons (Fsp3) is 0. The summed E-state index contributed by atoms with van der Waals surface area (Å²) in [5, 5.41) is 18.2. The predicted molar refractivity (Wildman–Crippen MR) is 509 cm³/mol. The molecule has 0 aliphatic rings. The largest absolute Gasteiger partial charge is 0.456 e. The third-order valence-electron chi connectivity index (χ3n) is 23.3. The highest BCUT2D eigenvalue weighted by Crippen LogP contribution is 2.45. The minimum absolute atomic E-state index is 0.628. The molecular weight excluding hydrogens is 1530 g/mol. The van der Waals surface area contributed by atoms with Gasteiger partial charge in [-0.25, -0.2) is 44.9 Å². The molecule has 0 radical (unpaired) electrons. The summed E-state index contributed by atoms with van der Waals surface area (Å²) < 4.78 is 18.9. The van der Waals surface area contributed by atoms with E-state index >= 15 is 0 Å². The molecule has 12 nitrogen and oxygen atoms in total. The normalized spacial score (nSPS) is 11.5. The van der Waals surface area contributed by atoms with Gasteiger partial charge < -0.3 is 13.3 Å². The summed E-state index contributed by atoms with van der Waals surface area (Å²) in [6.07, 6.45) is 0. The van der Waals surface area contributed by atoms with Gasteiger partial charge in [-0.1, -0.05) is 346 Å². The van der Waals surface area contributed by atoms with Gasteiger partial charge in [0.05, 0.1) is 0 Å². The SMILES string of the molecule is c1ccc(-c2nc(-c3ccc4ccccc4c3)nc(-c3ccc4oc5ccc6ccccc6c5c4c3)n2)cc1.c1ccc(-c2nc(-c3ccccc3)nc(-c3ccc4cc(-c5cc6ccccc6c6c5oc5ccccc56)ccc4c3)n2)cc1.c1ccc(-c2nc(-c3ccccc3-c3ccccc3)nc(-c3cccc4c3ccc3oc5ccccc5c34)n2)cc1. The summed E-state index contributed by atoms with van der Waals surface area (Å²) in [7, 11) is 0. The lowest BCUT2D eigenvalue weighted by molar-refractivity contribution is 0.669. The van der Waals surface area contributed by atoms with Crippen LogP contribution in [0.3, 0.4) is 0 Å². The fourth-order valence-electron chi connectivity index (χ4n) is 17.3. The van der Waals surface area contributed by atoms with E-state index in [4.69, 9.17) is 58.1 Å². The van der Waals surface area contributed by atoms with Gasteiger partial charge in [0.25, 0.3) is 0 Å². The predicted octanol–water partition coefficient (Wildman–Crippen LogP) is 29.4. The van der Waals surface area contributed by atoms with Crippen LogP contribution in [0.2, 0.25) is 0 Å². The molecule has 584 valence electrons. The van der Waals surface area contributed by atoms with E-state index in [1.807, 2.05) is 182 Å². The van der Waals surface area contributed by atoms with Crippen molar-refractivity contribution in [3.8, 4) is 125 Å². The Morgan fingerprint density at radius 1 is 0.136 bits per heavy atom. The molecule has 0 spiro atoms. The van der Waals surface area contributed by atoms with Crippen LogP contribution in [-0.2, 0) is 0 Å². The lowest BCUT2D eigenvalue weighted by Crippen LogP contribution is -2.01. The Bertz CT molecular complexity index is 8440. The zero-order valence-electron chi connectivity index (χ0n) is 67.1. The Labute approximate surface area is 716 Å². The van der Waals surface area contributed by atoms with E-state index in [1.165, 1.54) is 26.9 Å². The molecule has 6 aromatic heterocycles. The van der Waals surface area contributed by atoms with Crippen LogP contribution in [0.1, 0.15) is 0 Å². The van der Waals surface area contributed by atoms with Gasteiger partial charge in [0.2, 0.25) is 0 Å². The van der Waals surface area contributed by atoms with E-state index < -0.39 is 0 Å². The molecule has 6 heterocycles. The highest BCUT2D eigenvalue weighted by atomic mass is 16.3. The Kier molecular flexibility index (Phi) is 18.3. The van der Waals surface area contributed by atoms with E-state index in [2.05, 4.69) is 237 Å². The third kappa shape index (κ3) is 13.7. The second kappa shape index (κ2) is 31.2. The van der Waals surface area contributed by atoms with Crippen LogP contribution in [0.15, 0.2) is 432 Å². The lowest BCUT2D eigenvalue weighted by atomic mass is 9.94. The molecule has 0 N–H and O–H groups in total. The Balaban J connectivity index is 0.000000108. The molecule has 25 aromatic rings. The Morgan fingerprint density at radius 3 is 1.05 bits per heavy atom. The van der Waals surface area contributed by atoms with E-state index in [1.54, 1.807) is 0 Å². The molecule has 0 aliphatic carbocycles. The standard InChI is InChI=1S/C41H25N3O.C37H23N3O.C35H21N3O/c1-3-11-26(12-4-1)39-42-40(27-13-5-2-6-14-27)44-41(43-39)32-22-20-28-23-31(21-19-29(28)24-32)35-25-30-15-7-8-16-33(30)37-34-17-9-10-18-36(34)45-38(35)37;1-3-12-24(13-4-1)26-16-7-8-17-29(26)36-38-35(25-14-5-2-6-15-25)39-37(40-36)30-20-11-19-28-27(30)22-23-33-34(28)31-18-9-10-21-32(31)41-33;1-2-10-24(11-3-1)33-36-34(26-15-14-22-8-4-5-12-25(22)20-26)38-35(37-33)27-17-18-30-29(21-27)32-28-13-7-6-9-23(28)16-19-31(32)39-30/h1-25H;1-23H;1-21H. The number of hydrogen-bond donors (Lipinski definition) is 0. The topological polar surface area (TPSA) is 155 Å². The van der Waals surface area contributed by atoms with Crippen molar-refractivity contribution in [3.63, 3.8) is 0 Å². The zero-order valence-corrected chi connectivity index (χ0v) is 67.1. The summed E-state index contributed by atoms with van der Waals surface area (Å²) in [5.41, 5.74) is 18.2. The van der Waals surface area contributed by atoms with Crippen molar-refractivity contribution < 1.29 is 13.3 Å². The summed E-state index contributed by atoms with van der Waals surface area (Å²) in [6, 6.07) is 143. The maximum absolute atomic E-state index is 6.51. The van der Waals surface area contributed by atoms with Crippen LogP contribution in [-0.4, -0.2) is 44.9 Å². The van der Waals surface area contributed by atoms with Crippen molar-refractivity contribution in [2.24, 2.45) is 0 Å². The van der Waals surface area contributed by atoms with Crippen LogP contribution >= 0.6 is 0 Å². The second-order valence-electron chi connectivity index (χ2n) is 31.0. The van der Waals surface area contributed by atoms with Gasteiger partial charge in [-0.2, -0.15) is 0 Å². The molecule has 0 fully saturated rings. The second-order valence-corrected chi connectivity index (χ2v) is 31.0. The lowest BCUT2D eigenvalue weighted by Gasteiger charge is -2.13. The molecule has 25 rings (SSSR count). The number of furan rings is 3. The number of nitrogens with zero attached hydrogens (tertiary/aromatic N) is 9. The summed E-state index contributed by atoms with van der Waals surface area (Å²) in [4.78, 5) is 44.7. The summed E-state index contributed by atoms with van der Waals surface area (Å²) in [5.74, 6) is 5.78. The molecule has 125 heavy (non-hydrogen) atoms. The Hall–Kier alpha value is -17.1. The molecule has 0 saturated heterocycles. The average Bonchev–Trinajstić information content (AvgIpc) is 1.10. The van der Waals surface area contributed by atoms with Gasteiger partial charge in [0.15, 0.2) is 52.4 Å². The number of rotatable bonds is 11. The van der Waals surface area contributed by atoms with Gasteiger partial charge in [0.1, 0.15) is 33.5 Å². The van der Waals surface area contributed by atoms with Gasteiger partial charge in [-0.3, -0.25) is 0 Å². The first-order valence-corrected chi connectivity index (χ1v) is 41.6. The minimum atomic E-state index is 0.628. The van der Waals surface area contributed by atoms with Crippen LogP contribution in [0.25, 0.3) is 244 Å². The number of aromatic nitrogens is 9. The van der Waals surface area contributed by atoms with Crippen molar-refractivity contribution >= 4 is 120 Å². The first kappa shape index (κ1) is 73.1. The third-order valence-corrected chi connectivity index (χ3v) is 23.3. The van der Waals surface area contributed by atoms with Crippen molar-refractivity contribution in [2.45, 2.75) is 0 Å². The maximum atomic E-state index is 6.51. The van der Waals surface area contributed by atoms with Crippen molar-refractivity contribution in [1.29, 1.82) is 0 Å². The molecule has 0 atom stereocenters. The Morgan fingerprint density at radius 2 is 0.472 bits per heavy atom. The quantitative estimate of drug-likeness (QED) is 0.121. The number of hydrogen-bond acceptors (Lipinski definition) is 12. The zero-order chi connectivity index (χ0) is 82.7. The maximum Gasteiger partial charge on any atom is 0.164 e. The molecule has 0 bridgehead atoms. The van der Waals surface area contributed by atoms with E-state index in [-0.39, 0.29) is 0 Å². The fourth-order valence-corrected chi connectivity index (χ4v) is 17.3. The van der Waals surface area contributed by atoms with Crippen LogP contribution in [0.4, 0.5) is 0 Å². The van der Waals surface area contributed by atoms with Crippen molar-refractivity contribution in [2.75, 3.05) is 0 Å². The minimum Gasteiger partial charge on any atom is -0.456 e. The van der Waals surface area contributed by atoms with Crippen molar-refractivity contribution in [1.82, 2.24) is 44.9 Å². The number of fused-ring (bicyclic) bond motifs is 17. The van der Waals surface area contributed by atoms with Gasteiger partial charge in [-0.15, -0.1) is 0 Å². The smallest absolute Gasteiger partial charge is 0.164 e. The molecule has 12 heteroatoms.